The van der Waals surface area contributed by atoms with Crippen LogP contribution >= 0.6 is 11.8 Å². The highest BCUT2D eigenvalue weighted by Crippen LogP contribution is 2.31. The Labute approximate surface area is 220 Å². The quantitative estimate of drug-likeness (QED) is 0.567. The number of likely N-dealkylation sites (tertiary alicyclic amines) is 1. The molecule has 1 fully saturated rings. The molecular formula is C27H30N6O3S. The molecule has 5 rings (SSSR count). The molecule has 0 saturated carbocycles. The Morgan fingerprint density at radius 3 is 2.59 bits per heavy atom. The van der Waals surface area contributed by atoms with Crippen LogP contribution in [0, 0.1) is 19.3 Å². The molecule has 3 aliphatic rings. The number of ether oxygens (including phenoxy) is 1. The predicted molar refractivity (Wildman–Crippen MR) is 146 cm³/mol. The summed E-state index contributed by atoms with van der Waals surface area (Å²) in [5, 5.41) is 15.4. The highest BCUT2D eigenvalue weighted by atomic mass is 32.2. The number of amides is 2. The van der Waals surface area contributed by atoms with Crippen LogP contribution in [0.3, 0.4) is 0 Å². The second kappa shape index (κ2) is 10.4. The number of hydrogen-bond donors (Lipinski definition) is 1. The zero-order valence-electron chi connectivity index (χ0n) is 21.3. The topological polar surface area (TPSA) is 103 Å². The van der Waals surface area contributed by atoms with Gasteiger partial charge in [0.2, 0.25) is 11.1 Å². The van der Waals surface area contributed by atoms with Crippen molar-refractivity contribution >= 4 is 45.7 Å². The van der Waals surface area contributed by atoms with Gasteiger partial charge in [0.15, 0.2) is 5.84 Å². The van der Waals surface area contributed by atoms with Gasteiger partial charge >= 0.3 is 0 Å². The molecule has 0 spiro atoms. The van der Waals surface area contributed by atoms with Crippen molar-refractivity contribution in [1.29, 1.82) is 5.41 Å². The van der Waals surface area contributed by atoms with Gasteiger partial charge in [-0.05, 0) is 93.8 Å². The number of hydrogen-bond acceptors (Lipinski definition) is 6. The number of aryl methyl sites for hydroxylation is 1. The van der Waals surface area contributed by atoms with Crippen LogP contribution in [0.15, 0.2) is 46.0 Å². The number of carbonyl (C=O) groups excluding carboxylic acids is 2. The number of rotatable bonds is 6. The number of nitrogens with one attached hydrogen (secondary N) is 1. The second-order valence-electron chi connectivity index (χ2n) is 9.22. The average molecular weight is 519 g/mol. The Morgan fingerprint density at radius 2 is 1.89 bits per heavy atom. The fraction of sp³-hybridized carbons (Fsp3) is 0.370. The van der Waals surface area contributed by atoms with Gasteiger partial charge in [0.05, 0.1) is 18.6 Å². The summed E-state index contributed by atoms with van der Waals surface area (Å²) in [6.07, 6.45) is 5.06. The highest BCUT2D eigenvalue weighted by Gasteiger charge is 2.36. The maximum absolute atomic E-state index is 12.9. The molecule has 3 aliphatic heterocycles. The number of piperidine rings is 1. The summed E-state index contributed by atoms with van der Waals surface area (Å²) in [6, 6.07) is 9.85. The molecule has 0 unspecified atom stereocenters. The first-order chi connectivity index (χ1) is 17.9. The molecular weight excluding hydrogens is 488 g/mol. The van der Waals surface area contributed by atoms with Gasteiger partial charge in [-0.15, -0.1) is 0 Å². The van der Waals surface area contributed by atoms with E-state index in [4.69, 9.17) is 10.1 Å². The molecule has 0 bridgehead atoms. The van der Waals surface area contributed by atoms with Crippen molar-refractivity contribution in [2.75, 3.05) is 19.7 Å². The third-order valence-corrected chi connectivity index (χ3v) is 7.59. The van der Waals surface area contributed by atoms with Crippen LogP contribution in [0.5, 0.6) is 5.75 Å². The lowest BCUT2D eigenvalue weighted by molar-refractivity contribution is -0.130. The summed E-state index contributed by atoms with van der Waals surface area (Å²) in [5.41, 5.74) is 3.92. The van der Waals surface area contributed by atoms with Crippen molar-refractivity contribution in [2.45, 2.75) is 46.5 Å². The maximum Gasteiger partial charge on any atom is 0.283 e. The van der Waals surface area contributed by atoms with Gasteiger partial charge in [-0.2, -0.15) is 15.1 Å². The number of aromatic nitrogens is 1. The Morgan fingerprint density at radius 1 is 1.16 bits per heavy atom. The molecule has 0 aliphatic carbocycles. The molecule has 1 N–H and O–H groups in total. The lowest BCUT2D eigenvalue weighted by Crippen LogP contribution is -2.36. The van der Waals surface area contributed by atoms with E-state index >= 15 is 0 Å². The summed E-state index contributed by atoms with van der Waals surface area (Å²) in [6.45, 7) is 8.10. The fourth-order valence-electron chi connectivity index (χ4n) is 4.83. The smallest absolute Gasteiger partial charge is 0.283 e. The first-order valence-corrected chi connectivity index (χ1v) is 13.4. The Hall–Kier alpha value is -3.66. The van der Waals surface area contributed by atoms with Crippen LogP contribution < -0.4 is 4.74 Å². The van der Waals surface area contributed by atoms with Crippen LogP contribution in [-0.4, -0.2) is 62.0 Å². The number of benzene rings is 1. The highest BCUT2D eigenvalue weighted by molar-refractivity contribution is 8.27. The monoisotopic (exact) mass is 518 g/mol. The molecule has 2 aromatic rings. The Kier molecular flexibility index (Phi) is 7.01. The standard InChI is InChI=1S/C27H30N6O3S/c1-4-36-21-10-8-20(9-11-21)32-17(2)14-19(18(32)3)15-22-25(28)33-27(29-26(22)35)37-23(30-33)16-24(34)31-12-6-5-7-13-31/h8-11,14-15,28H,4-7,12-13,16H2,1-3H3. The molecule has 1 aromatic carbocycles. The summed E-state index contributed by atoms with van der Waals surface area (Å²) in [7, 11) is 0. The lowest BCUT2D eigenvalue weighted by Gasteiger charge is -2.26. The molecule has 192 valence electrons. The molecule has 9 nitrogen and oxygen atoms in total. The summed E-state index contributed by atoms with van der Waals surface area (Å²) in [4.78, 5) is 31.7. The number of fused-ring (bicyclic) bond motifs is 1. The first kappa shape index (κ1) is 25.0. The zero-order chi connectivity index (χ0) is 26.1. The minimum atomic E-state index is -0.478. The average Bonchev–Trinajstić information content (AvgIpc) is 3.42. The van der Waals surface area contributed by atoms with Gasteiger partial charge in [-0.1, -0.05) is 0 Å². The molecule has 37 heavy (non-hydrogen) atoms. The number of amidine groups is 2. The third-order valence-electron chi connectivity index (χ3n) is 6.68. The minimum Gasteiger partial charge on any atom is -0.494 e. The molecule has 1 saturated heterocycles. The SMILES string of the molecule is CCOc1ccc(-n2c(C)cc(C=C3C(=N)N4N=C(CC(=O)N5CCCCC5)SC4=NC3=O)c2C)cc1. The fourth-order valence-corrected chi connectivity index (χ4v) is 5.71. The number of thioether (sulfide) groups is 1. The van der Waals surface area contributed by atoms with Crippen molar-refractivity contribution < 1.29 is 14.3 Å². The Bertz CT molecular complexity index is 1350. The number of hydrazone groups is 1. The van der Waals surface area contributed by atoms with E-state index in [1.165, 1.54) is 16.8 Å². The zero-order valence-corrected chi connectivity index (χ0v) is 22.1. The normalized spacial score (nSPS) is 18.7. The van der Waals surface area contributed by atoms with E-state index in [2.05, 4.69) is 14.7 Å². The molecule has 0 atom stereocenters. The van der Waals surface area contributed by atoms with E-state index in [1.807, 2.05) is 56.0 Å². The minimum absolute atomic E-state index is 0.0294. The largest absolute Gasteiger partial charge is 0.494 e. The first-order valence-electron chi connectivity index (χ1n) is 12.5. The van der Waals surface area contributed by atoms with E-state index in [1.54, 1.807) is 6.08 Å². The Balaban J connectivity index is 1.37. The maximum atomic E-state index is 12.9. The van der Waals surface area contributed by atoms with Crippen molar-refractivity contribution in [3.05, 3.63) is 52.9 Å². The van der Waals surface area contributed by atoms with Crippen LogP contribution in [0.1, 0.15) is 49.6 Å². The van der Waals surface area contributed by atoms with Gasteiger partial charge in [0.1, 0.15) is 10.8 Å². The van der Waals surface area contributed by atoms with Crippen LogP contribution in [0.2, 0.25) is 0 Å². The van der Waals surface area contributed by atoms with E-state index in [-0.39, 0.29) is 23.7 Å². The number of carbonyl (C=O) groups is 2. The molecule has 4 heterocycles. The van der Waals surface area contributed by atoms with Crippen LogP contribution in [-0.2, 0) is 9.59 Å². The van der Waals surface area contributed by atoms with Crippen molar-refractivity contribution in [2.24, 2.45) is 10.1 Å². The van der Waals surface area contributed by atoms with E-state index in [0.29, 0.717) is 16.8 Å². The summed E-state index contributed by atoms with van der Waals surface area (Å²) in [5.74, 6) is 0.330. The summed E-state index contributed by atoms with van der Waals surface area (Å²) >= 11 is 1.19. The van der Waals surface area contributed by atoms with Gasteiger partial charge < -0.3 is 14.2 Å². The van der Waals surface area contributed by atoms with Gasteiger partial charge in [0.25, 0.3) is 5.91 Å². The molecule has 1 aromatic heterocycles. The number of nitrogens with zero attached hydrogens (tertiary/aromatic N) is 5. The van der Waals surface area contributed by atoms with Crippen LogP contribution in [0.25, 0.3) is 11.8 Å². The van der Waals surface area contributed by atoms with Gasteiger partial charge in [-0.25, -0.2) is 0 Å². The molecule has 10 heteroatoms. The van der Waals surface area contributed by atoms with Crippen molar-refractivity contribution in [1.82, 2.24) is 14.5 Å². The second-order valence-corrected chi connectivity index (χ2v) is 10.3. The lowest BCUT2D eigenvalue weighted by atomic mass is 10.1. The van der Waals surface area contributed by atoms with E-state index in [9.17, 15) is 9.59 Å². The summed E-state index contributed by atoms with van der Waals surface area (Å²) < 4.78 is 7.65. The van der Waals surface area contributed by atoms with Gasteiger partial charge in [0, 0.05) is 30.2 Å². The van der Waals surface area contributed by atoms with Gasteiger partial charge in [-0.3, -0.25) is 15.0 Å². The van der Waals surface area contributed by atoms with Crippen molar-refractivity contribution in [3.63, 3.8) is 0 Å². The predicted octanol–water partition coefficient (Wildman–Crippen LogP) is 4.51. The van der Waals surface area contributed by atoms with E-state index < -0.39 is 5.91 Å². The van der Waals surface area contributed by atoms with E-state index in [0.717, 1.165) is 60.7 Å². The molecule has 2 amide bonds. The third kappa shape index (κ3) is 4.98. The molecule has 0 radical (unpaired) electrons. The number of aliphatic imine (C=N–C) groups is 1. The van der Waals surface area contributed by atoms with Crippen molar-refractivity contribution in [3.8, 4) is 11.4 Å². The van der Waals surface area contributed by atoms with Crippen LogP contribution in [0.4, 0.5) is 0 Å².